The van der Waals surface area contributed by atoms with Gasteiger partial charge in [0.1, 0.15) is 5.01 Å². The number of aromatic nitrogens is 1. The smallest absolute Gasteiger partial charge is 0.239 e. The maximum Gasteiger partial charge on any atom is 0.239 e. The van der Waals surface area contributed by atoms with Crippen molar-refractivity contribution in [1.29, 1.82) is 0 Å². The van der Waals surface area contributed by atoms with Gasteiger partial charge in [-0.1, -0.05) is 12.1 Å². The molecule has 1 aromatic heterocycles. The molecule has 108 valence electrons. The second-order valence-electron chi connectivity index (χ2n) is 4.66. The molecule has 1 heterocycles. The Morgan fingerprint density at radius 2 is 2.25 bits per heavy atom. The third kappa shape index (κ3) is 3.53. The molecular formula is C14H19N3O2S. The van der Waals surface area contributed by atoms with Gasteiger partial charge < -0.3 is 15.4 Å². The number of nitrogens with zero attached hydrogens (tertiary/aromatic N) is 2. The fourth-order valence-electron chi connectivity index (χ4n) is 1.92. The van der Waals surface area contributed by atoms with E-state index in [0.29, 0.717) is 19.6 Å². The molecule has 0 aliphatic rings. The zero-order chi connectivity index (χ0) is 14.5. The van der Waals surface area contributed by atoms with Gasteiger partial charge in [0.25, 0.3) is 0 Å². The molecule has 1 aromatic carbocycles. The van der Waals surface area contributed by atoms with Gasteiger partial charge in [-0.2, -0.15) is 0 Å². The van der Waals surface area contributed by atoms with Gasteiger partial charge in [0.15, 0.2) is 0 Å². The summed E-state index contributed by atoms with van der Waals surface area (Å²) in [6.07, 6.45) is 0.527. The monoisotopic (exact) mass is 293 g/mol. The number of hydrogen-bond acceptors (Lipinski definition) is 5. The lowest BCUT2D eigenvalue weighted by atomic mass is 10.2. The van der Waals surface area contributed by atoms with E-state index in [1.165, 1.54) is 0 Å². The minimum absolute atomic E-state index is 0.0821. The van der Waals surface area contributed by atoms with E-state index in [1.54, 1.807) is 30.4 Å². The number of likely N-dealkylation sites (N-methyl/N-ethyl adjacent to an activating group) is 1. The van der Waals surface area contributed by atoms with E-state index in [4.69, 9.17) is 10.5 Å². The molecule has 6 heteroatoms. The van der Waals surface area contributed by atoms with E-state index >= 15 is 0 Å². The number of carbonyl (C=O) groups excluding carboxylic acids is 1. The van der Waals surface area contributed by atoms with Crippen LogP contribution >= 0.6 is 11.3 Å². The van der Waals surface area contributed by atoms with Gasteiger partial charge in [-0.05, 0) is 18.6 Å². The number of methoxy groups -OCH3 is 1. The number of para-hydroxylation sites is 1. The third-order valence-electron chi connectivity index (χ3n) is 3.04. The zero-order valence-corrected chi connectivity index (χ0v) is 12.5. The molecule has 2 aromatic rings. The fourth-order valence-corrected chi connectivity index (χ4v) is 2.94. The van der Waals surface area contributed by atoms with Crippen LogP contribution < -0.4 is 5.73 Å². The number of thiazole rings is 1. The van der Waals surface area contributed by atoms with E-state index < -0.39 is 6.04 Å². The first kappa shape index (κ1) is 14.9. The Morgan fingerprint density at radius 1 is 1.50 bits per heavy atom. The topological polar surface area (TPSA) is 68.5 Å². The molecule has 2 rings (SSSR count). The number of hydrogen-bond donors (Lipinski definition) is 1. The van der Waals surface area contributed by atoms with Crippen LogP contribution in [0.4, 0.5) is 0 Å². The average Bonchev–Trinajstić information content (AvgIpc) is 2.85. The quantitative estimate of drug-likeness (QED) is 0.878. The normalized spacial score (nSPS) is 12.6. The Hall–Kier alpha value is -1.50. The Bertz CT molecular complexity index is 552. The van der Waals surface area contributed by atoms with E-state index in [-0.39, 0.29) is 5.91 Å². The van der Waals surface area contributed by atoms with E-state index in [0.717, 1.165) is 15.2 Å². The maximum atomic E-state index is 12.1. The third-order valence-corrected chi connectivity index (χ3v) is 4.06. The number of carbonyl (C=O) groups is 1. The molecule has 1 amide bonds. The lowest BCUT2D eigenvalue weighted by molar-refractivity contribution is -0.132. The first-order valence-electron chi connectivity index (χ1n) is 6.45. The van der Waals surface area contributed by atoms with Crippen molar-refractivity contribution >= 4 is 27.5 Å². The molecule has 2 N–H and O–H groups in total. The van der Waals surface area contributed by atoms with Crippen molar-refractivity contribution < 1.29 is 9.53 Å². The van der Waals surface area contributed by atoms with Crippen molar-refractivity contribution in [3.8, 4) is 0 Å². The van der Waals surface area contributed by atoms with Crippen LogP contribution in [0, 0.1) is 0 Å². The molecular weight excluding hydrogens is 274 g/mol. The number of benzene rings is 1. The van der Waals surface area contributed by atoms with Crippen molar-refractivity contribution in [2.24, 2.45) is 5.73 Å². The first-order chi connectivity index (χ1) is 9.61. The summed E-state index contributed by atoms with van der Waals surface area (Å²) in [5.41, 5.74) is 6.81. The number of ether oxygens (including phenoxy) is 1. The van der Waals surface area contributed by atoms with Crippen molar-refractivity contribution in [1.82, 2.24) is 9.88 Å². The molecule has 1 atom stereocenters. The van der Waals surface area contributed by atoms with Crippen LogP contribution in [0.15, 0.2) is 24.3 Å². The average molecular weight is 293 g/mol. The summed E-state index contributed by atoms with van der Waals surface area (Å²) in [6, 6.07) is 7.43. The predicted octanol–water partition coefficient (Wildman–Crippen LogP) is 1.62. The molecule has 0 aliphatic carbocycles. The molecule has 5 nitrogen and oxygen atoms in total. The highest BCUT2D eigenvalue weighted by Gasteiger charge is 2.18. The Kier molecular flexibility index (Phi) is 5.05. The van der Waals surface area contributed by atoms with Gasteiger partial charge in [-0.25, -0.2) is 4.98 Å². The predicted molar refractivity (Wildman–Crippen MR) is 80.6 cm³/mol. The van der Waals surface area contributed by atoms with Gasteiger partial charge in [-0.15, -0.1) is 11.3 Å². The first-order valence-corrected chi connectivity index (χ1v) is 7.27. The largest absolute Gasteiger partial charge is 0.385 e. The van der Waals surface area contributed by atoms with Crippen LogP contribution in [0.25, 0.3) is 10.2 Å². The van der Waals surface area contributed by atoms with Crippen LogP contribution in [0.2, 0.25) is 0 Å². The van der Waals surface area contributed by atoms with Crippen LogP contribution in [0.1, 0.15) is 11.4 Å². The number of nitrogens with two attached hydrogens (primary N) is 1. The summed E-state index contributed by atoms with van der Waals surface area (Å²) >= 11 is 1.60. The zero-order valence-electron chi connectivity index (χ0n) is 11.7. The SMILES string of the molecule is COCCC(N)C(=O)N(C)Cc1nc2ccccc2s1. The van der Waals surface area contributed by atoms with Crippen LogP contribution in [0.3, 0.4) is 0 Å². The number of fused-ring (bicyclic) bond motifs is 1. The van der Waals surface area contributed by atoms with Gasteiger partial charge >= 0.3 is 0 Å². The number of rotatable bonds is 6. The molecule has 0 fully saturated rings. The number of amides is 1. The van der Waals surface area contributed by atoms with Crippen molar-refractivity contribution in [3.05, 3.63) is 29.3 Å². The lowest BCUT2D eigenvalue weighted by Gasteiger charge is -2.20. The van der Waals surface area contributed by atoms with E-state index in [1.807, 2.05) is 24.3 Å². The summed E-state index contributed by atoms with van der Waals surface area (Å²) in [7, 11) is 3.35. The molecule has 0 saturated carbocycles. The van der Waals surface area contributed by atoms with Gasteiger partial charge in [-0.3, -0.25) is 4.79 Å². The highest BCUT2D eigenvalue weighted by molar-refractivity contribution is 7.18. The fraction of sp³-hybridized carbons (Fsp3) is 0.429. The van der Waals surface area contributed by atoms with E-state index in [9.17, 15) is 4.79 Å². The van der Waals surface area contributed by atoms with Gasteiger partial charge in [0.2, 0.25) is 5.91 Å². The molecule has 1 unspecified atom stereocenters. The van der Waals surface area contributed by atoms with Gasteiger partial charge in [0.05, 0.1) is 22.8 Å². The summed E-state index contributed by atoms with van der Waals surface area (Å²) in [6.45, 7) is 0.973. The van der Waals surface area contributed by atoms with Crippen LogP contribution in [-0.4, -0.2) is 42.6 Å². The Morgan fingerprint density at radius 3 is 2.95 bits per heavy atom. The second-order valence-corrected chi connectivity index (χ2v) is 5.77. The Labute approximate surface area is 122 Å². The van der Waals surface area contributed by atoms with Crippen LogP contribution in [0.5, 0.6) is 0 Å². The highest BCUT2D eigenvalue weighted by atomic mass is 32.1. The summed E-state index contributed by atoms with van der Waals surface area (Å²) in [4.78, 5) is 18.2. The lowest BCUT2D eigenvalue weighted by Crippen LogP contribution is -2.41. The highest BCUT2D eigenvalue weighted by Crippen LogP contribution is 2.22. The Balaban J connectivity index is 1.99. The molecule has 0 spiro atoms. The molecule has 0 saturated heterocycles. The molecule has 0 radical (unpaired) electrons. The summed E-state index contributed by atoms with van der Waals surface area (Å²) in [5.74, 6) is -0.0821. The maximum absolute atomic E-state index is 12.1. The van der Waals surface area contributed by atoms with Crippen molar-refractivity contribution in [3.63, 3.8) is 0 Å². The molecule has 0 bridgehead atoms. The van der Waals surface area contributed by atoms with E-state index in [2.05, 4.69) is 4.98 Å². The summed E-state index contributed by atoms with van der Waals surface area (Å²) in [5, 5.41) is 0.918. The standard InChI is InChI=1S/C14H19N3O2S/c1-17(14(18)10(15)7-8-19-2)9-13-16-11-5-3-4-6-12(11)20-13/h3-6,10H,7-9,15H2,1-2H3. The van der Waals surface area contributed by atoms with Gasteiger partial charge in [0, 0.05) is 20.8 Å². The van der Waals surface area contributed by atoms with Crippen molar-refractivity contribution in [2.45, 2.75) is 19.0 Å². The minimum Gasteiger partial charge on any atom is -0.385 e. The molecule has 0 aliphatic heterocycles. The molecule has 20 heavy (non-hydrogen) atoms. The second kappa shape index (κ2) is 6.78. The summed E-state index contributed by atoms with van der Waals surface area (Å²) < 4.78 is 6.07. The van der Waals surface area contributed by atoms with Crippen molar-refractivity contribution in [2.75, 3.05) is 20.8 Å². The minimum atomic E-state index is -0.519. The van der Waals surface area contributed by atoms with Crippen LogP contribution in [-0.2, 0) is 16.1 Å².